The lowest BCUT2D eigenvalue weighted by atomic mass is 10.2. The van der Waals surface area contributed by atoms with Crippen LogP contribution in [0.4, 0.5) is 0 Å². The average molecular weight is 329 g/mol. The Hall–Kier alpha value is -0.690. The fraction of sp³-hybridized carbons (Fsp3) is 0.455. The van der Waals surface area contributed by atoms with Crippen LogP contribution >= 0.6 is 22.6 Å². The lowest BCUT2D eigenvalue weighted by Crippen LogP contribution is -2.27. The first-order chi connectivity index (χ1) is 7.59. The lowest BCUT2D eigenvalue weighted by molar-refractivity contribution is 0.0952. The van der Waals surface area contributed by atoms with Crippen LogP contribution in [0.25, 0.3) is 0 Å². The van der Waals surface area contributed by atoms with Crippen LogP contribution in [-0.4, -0.2) is 43.0 Å². The maximum absolute atomic E-state index is 11.6. The number of hydrogen-bond acceptors (Lipinski definition) is 3. The molecular formula is C11H16IN3O. The molecule has 1 rings (SSSR count). The highest BCUT2D eigenvalue weighted by atomic mass is 123. The highest BCUT2D eigenvalue weighted by Crippen LogP contribution is 2.02. The minimum absolute atomic E-state index is 0.0531. The Balaban J connectivity index is 2.32. The maximum atomic E-state index is 11.6. The molecule has 5 heteroatoms. The Kier molecular flexibility index (Phi) is 5.68. The monoisotopic (exact) mass is 329 g/mol. The molecule has 0 unspecified atom stereocenters. The van der Waals surface area contributed by atoms with Crippen molar-refractivity contribution in [3.05, 3.63) is 27.6 Å². The van der Waals surface area contributed by atoms with Crippen LogP contribution < -0.4 is 5.32 Å². The molecule has 0 saturated heterocycles. The molecule has 0 spiro atoms. The predicted octanol–water partition coefficient (Wildman–Crippen LogP) is 1.37. The summed E-state index contributed by atoms with van der Waals surface area (Å²) in [5.41, 5.74) is 0.616. The number of pyridine rings is 1. The van der Waals surface area contributed by atoms with Crippen molar-refractivity contribution in [2.45, 2.75) is 6.42 Å². The third-order valence-corrected chi connectivity index (χ3v) is 2.70. The van der Waals surface area contributed by atoms with Crippen molar-refractivity contribution >= 4 is 28.5 Å². The van der Waals surface area contributed by atoms with Crippen LogP contribution in [0.15, 0.2) is 18.3 Å². The number of rotatable bonds is 5. The average Bonchev–Trinajstić information content (AvgIpc) is 2.25. The van der Waals surface area contributed by atoms with Crippen LogP contribution in [0.2, 0.25) is 0 Å². The summed E-state index contributed by atoms with van der Waals surface area (Å²) in [6.45, 7) is 1.67. The second kappa shape index (κ2) is 6.80. The van der Waals surface area contributed by atoms with Gasteiger partial charge >= 0.3 is 0 Å². The Bertz CT molecular complexity index is 338. The number of carbonyl (C=O) groups is 1. The van der Waals surface area contributed by atoms with Gasteiger partial charge in [0.1, 0.15) is 3.70 Å². The molecule has 88 valence electrons. The molecule has 0 saturated carbocycles. The van der Waals surface area contributed by atoms with Gasteiger partial charge in [0.15, 0.2) is 0 Å². The molecule has 1 heterocycles. The third-order valence-electron chi connectivity index (χ3n) is 2.06. The van der Waals surface area contributed by atoms with Crippen molar-refractivity contribution in [2.24, 2.45) is 0 Å². The van der Waals surface area contributed by atoms with Crippen molar-refractivity contribution in [3.8, 4) is 0 Å². The van der Waals surface area contributed by atoms with Crippen LogP contribution in [0, 0.1) is 3.70 Å². The highest BCUT2D eigenvalue weighted by Gasteiger charge is 2.04. The zero-order chi connectivity index (χ0) is 12.0. The standard InChI is InChI=1S/C11H16IN3O/c1-15(2)7-3-6-13-11(16)9-4-5-10(12)14-8-9/h4-5,8H,3,6-7H2,1-2H3,(H,13,16)/i12-4. The fourth-order valence-corrected chi connectivity index (χ4v) is 1.53. The Labute approximate surface area is 110 Å². The second-order valence-corrected chi connectivity index (χ2v) is 4.89. The molecule has 0 radical (unpaired) electrons. The normalized spacial score (nSPS) is 10.5. The number of halogens is 1. The molecule has 1 aromatic heterocycles. The summed E-state index contributed by atoms with van der Waals surface area (Å²) in [7, 11) is 4.04. The SMILES string of the molecule is CN(C)CCCNC(=O)c1ccc([123I])nc1. The van der Waals surface area contributed by atoms with Gasteiger partial charge < -0.3 is 10.2 Å². The smallest absolute Gasteiger partial charge is 0.252 e. The molecule has 16 heavy (non-hydrogen) atoms. The Morgan fingerprint density at radius 2 is 2.25 bits per heavy atom. The van der Waals surface area contributed by atoms with Gasteiger partial charge in [0.05, 0.1) is 5.56 Å². The summed E-state index contributed by atoms with van der Waals surface area (Å²) >= 11 is 2.11. The summed E-state index contributed by atoms with van der Waals surface area (Å²) in [5.74, 6) is -0.0531. The first-order valence-electron chi connectivity index (χ1n) is 5.14. The van der Waals surface area contributed by atoms with Crippen molar-refractivity contribution in [1.29, 1.82) is 0 Å². The van der Waals surface area contributed by atoms with Crippen molar-refractivity contribution in [3.63, 3.8) is 0 Å². The van der Waals surface area contributed by atoms with Gasteiger partial charge in [0.25, 0.3) is 5.91 Å². The first kappa shape index (κ1) is 13.4. The van der Waals surface area contributed by atoms with Gasteiger partial charge in [0, 0.05) is 12.7 Å². The molecule has 1 N–H and O–H groups in total. The summed E-state index contributed by atoms with van der Waals surface area (Å²) in [5, 5.41) is 2.87. The number of nitrogens with one attached hydrogen (secondary N) is 1. The number of nitrogens with zero attached hydrogens (tertiary/aromatic N) is 2. The number of hydrogen-bond donors (Lipinski definition) is 1. The van der Waals surface area contributed by atoms with E-state index in [0.717, 1.165) is 16.7 Å². The summed E-state index contributed by atoms with van der Waals surface area (Å²) < 4.78 is 0.891. The van der Waals surface area contributed by atoms with E-state index < -0.39 is 0 Å². The summed E-state index contributed by atoms with van der Waals surface area (Å²) in [6.07, 6.45) is 2.56. The molecule has 0 aliphatic carbocycles. The first-order valence-corrected chi connectivity index (χ1v) is 6.22. The van der Waals surface area contributed by atoms with E-state index in [1.165, 1.54) is 0 Å². The number of carbonyl (C=O) groups excluding carboxylic acids is 1. The Morgan fingerprint density at radius 1 is 1.50 bits per heavy atom. The van der Waals surface area contributed by atoms with E-state index in [4.69, 9.17) is 0 Å². The molecule has 0 aliphatic rings. The van der Waals surface area contributed by atoms with E-state index >= 15 is 0 Å². The van der Waals surface area contributed by atoms with E-state index in [1.807, 2.05) is 20.2 Å². The molecule has 1 amide bonds. The fourth-order valence-electron chi connectivity index (χ4n) is 1.21. The van der Waals surface area contributed by atoms with Crippen LogP contribution in [0.3, 0.4) is 0 Å². The third kappa shape index (κ3) is 4.89. The second-order valence-electron chi connectivity index (χ2n) is 3.78. The minimum atomic E-state index is -0.0531. The van der Waals surface area contributed by atoms with Crippen LogP contribution in [0.1, 0.15) is 16.8 Å². The van der Waals surface area contributed by atoms with Crippen molar-refractivity contribution in [2.75, 3.05) is 27.2 Å². The maximum Gasteiger partial charge on any atom is 0.252 e. The van der Waals surface area contributed by atoms with Crippen molar-refractivity contribution in [1.82, 2.24) is 15.2 Å². The lowest BCUT2D eigenvalue weighted by Gasteiger charge is -2.09. The van der Waals surface area contributed by atoms with E-state index in [0.29, 0.717) is 12.1 Å². The summed E-state index contributed by atoms with van der Waals surface area (Å²) in [6, 6.07) is 3.62. The molecule has 0 aliphatic heterocycles. The highest BCUT2D eigenvalue weighted by molar-refractivity contribution is 14.1. The van der Waals surface area contributed by atoms with Gasteiger partial charge in [-0.2, -0.15) is 0 Å². The minimum Gasteiger partial charge on any atom is -0.352 e. The van der Waals surface area contributed by atoms with Crippen LogP contribution in [0.5, 0.6) is 0 Å². The molecule has 0 bridgehead atoms. The zero-order valence-electron chi connectivity index (χ0n) is 9.53. The van der Waals surface area contributed by atoms with Crippen LogP contribution in [-0.2, 0) is 0 Å². The van der Waals surface area contributed by atoms with Gasteiger partial charge in [-0.3, -0.25) is 4.79 Å². The Morgan fingerprint density at radius 3 is 2.81 bits per heavy atom. The number of aromatic nitrogens is 1. The van der Waals surface area contributed by atoms with Crippen molar-refractivity contribution < 1.29 is 4.79 Å². The van der Waals surface area contributed by atoms with Gasteiger partial charge in [-0.25, -0.2) is 4.98 Å². The van der Waals surface area contributed by atoms with E-state index in [-0.39, 0.29) is 5.91 Å². The van der Waals surface area contributed by atoms with Gasteiger partial charge in [-0.1, -0.05) is 0 Å². The predicted molar refractivity (Wildman–Crippen MR) is 72.5 cm³/mol. The van der Waals surface area contributed by atoms with Gasteiger partial charge in [-0.05, 0) is 61.8 Å². The molecule has 1 aromatic rings. The molecule has 4 nitrogen and oxygen atoms in total. The molecule has 0 aromatic carbocycles. The van der Waals surface area contributed by atoms with E-state index in [9.17, 15) is 4.79 Å². The summed E-state index contributed by atoms with van der Waals surface area (Å²) in [4.78, 5) is 17.8. The van der Waals surface area contributed by atoms with E-state index in [2.05, 4.69) is 37.8 Å². The van der Waals surface area contributed by atoms with E-state index in [1.54, 1.807) is 12.3 Å². The molecule has 0 fully saturated rings. The molecular weight excluding hydrogens is 313 g/mol. The quantitative estimate of drug-likeness (QED) is 0.504. The topological polar surface area (TPSA) is 45.2 Å². The van der Waals surface area contributed by atoms with Gasteiger partial charge in [-0.15, -0.1) is 0 Å². The largest absolute Gasteiger partial charge is 0.352 e. The molecule has 0 atom stereocenters. The zero-order valence-corrected chi connectivity index (χ0v) is 11.7. The number of amides is 1. The van der Waals surface area contributed by atoms with Gasteiger partial charge in [0.2, 0.25) is 0 Å².